The van der Waals surface area contributed by atoms with Gasteiger partial charge in [-0.1, -0.05) is 19.1 Å². The molecule has 0 saturated carbocycles. The largest absolute Gasteiger partial charge is 0.486 e. The first-order valence-corrected chi connectivity index (χ1v) is 8.22. The van der Waals surface area contributed by atoms with E-state index < -0.39 is 0 Å². The second-order valence-corrected chi connectivity index (χ2v) is 6.07. The minimum absolute atomic E-state index is 0.0243. The van der Waals surface area contributed by atoms with Gasteiger partial charge in [0.1, 0.15) is 12.7 Å². The molecule has 2 heterocycles. The Balaban J connectivity index is 1.65. The van der Waals surface area contributed by atoms with Gasteiger partial charge in [-0.05, 0) is 32.4 Å². The van der Waals surface area contributed by atoms with Gasteiger partial charge in [0.15, 0.2) is 11.5 Å². The molecule has 0 aliphatic carbocycles. The van der Waals surface area contributed by atoms with E-state index in [4.69, 9.17) is 9.47 Å². The summed E-state index contributed by atoms with van der Waals surface area (Å²) in [5.41, 5.74) is 3.61. The third-order valence-electron chi connectivity index (χ3n) is 4.48. The monoisotopic (exact) mass is 315 g/mol. The summed E-state index contributed by atoms with van der Waals surface area (Å²) in [6.45, 7) is 7.71. The van der Waals surface area contributed by atoms with E-state index in [9.17, 15) is 0 Å². The number of fused-ring (bicyclic) bond motifs is 1. The topological polar surface area (TPSA) is 48.3 Å². The van der Waals surface area contributed by atoms with Gasteiger partial charge in [-0.15, -0.1) is 0 Å². The zero-order valence-electron chi connectivity index (χ0n) is 14.3. The maximum Gasteiger partial charge on any atom is 0.161 e. The lowest BCUT2D eigenvalue weighted by atomic mass is 10.0. The number of nitrogens with one attached hydrogen (secondary N) is 1. The van der Waals surface area contributed by atoms with Crippen LogP contribution in [0.15, 0.2) is 24.3 Å². The maximum absolute atomic E-state index is 6.02. The quantitative estimate of drug-likeness (QED) is 0.921. The van der Waals surface area contributed by atoms with E-state index in [2.05, 4.69) is 31.2 Å². The Hall–Kier alpha value is -2.01. The lowest BCUT2D eigenvalue weighted by Crippen LogP contribution is -2.39. The van der Waals surface area contributed by atoms with Crippen LogP contribution in [0.3, 0.4) is 0 Å². The summed E-state index contributed by atoms with van der Waals surface area (Å²) in [4.78, 5) is 0. The smallest absolute Gasteiger partial charge is 0.161 e. The molecule has 0 unspecified atom stereocenters. The number of aromatic nitrogens is 2. The summed E-state index contributed by atoms with van der Waals surface area (Å²) in [6.07, 6.45) is 1.04. The van der Waals surface area contributed by atoms with Gasteiger partial charge in [-0.3, -0.25) is 4.68 Å². The maximum atomic E-state index is 6.02. The van der Waals surface area contributed by atoms with Crippen molar-refractivity contribution in [3.05, 3.63) is 41.2 Å². The summed E-state index contributed by atoms with van der Waals surface area (Å²) < 4.78 is 13.7. The molecule has 0 amide bonds. The van der Waals surface area contributed by atoms with Gasteiger partial charge in [0.25, 0.3) is 0 Å². The molecule has 0 bridgehead atoms. The third-order valence-corrected chi connectivity index (χ3v) is 4.48. The molecule has 1 N–H and O–H groups in total. The van der Waals surface area contributed by atoms with Crippen molar-refractivity contribution in [1.29, 1.82) is 0 Å². The Morgan fingerprint density at radius 1 is 1.30 bits per heavy atom. The highest BCUT2D eigenvalue weighted by molar-refractivity contribution is 5.40. The van der Waals surface area contributed by atoms with Crippen molar-refractivity contribution in [1.82, 2.24) is 15.1 Å². The highest BCUT2D eigenvalue weighted by Gasteiger charge is 2.23. The molecule has 1 aliphatic heterocycles. The van der Waals surface area contributed by atoms with Crippen molar-refractivity contribution in [2.45, 2.75) is 39.3 Å². The molecule has 5 heteroatoms. The molecule has 23 heavy (non-hydrogen) atoms. The molecule has 2 atom stereocenters. The molecular formula is C18H25N3O2. The van der Waals surface area contributed by atoms with Crippen molar-refractivity contribution in [3.63, 3.8) is 0 Å². The van der Waals surface area contributed by atoms with Gasteiger partial charge in [-0.25, -0.2) is 0 Å². The fourth-order valence-electron chi connectivity index (χ4n) is 3.18. The average molecular weight is 315 g/mol. The average Bonchev–Trinajstić information content (AvgIpc) is 2.81. The Labute approximate surface area is 137 Å². The van der Waals surface area contributed by atoms with Gasteiger partial charge < -0.3 is 14.8 Å². The van der Waals surface area contributed by atoms with Crippen LogP contribution in [0.4, 0.5) is 0 Å². The highest BCUT2D eigenvalue weighted by atomic mass is 16.6. The molecule has 0 fully saturated rings. The van der Waals surface area contributed by atoms with Gasteiger partial charge >= 0.3 is 0 Å². The van der Waals surface area contributed by atoms with Crippen molar-refractivity contribution >= 4 is 0 Å². The van der Waals surface area contributed by atoms with Crippen molar-refractivity contribution < 1.29 is 9.47 Å². The molecule has 2 aromatic rings. The van der Waals surface area contributed by atoms with E-state index >= 15 is 0 Å². The Morgan fingerprint density at radius 2 is 2.04 bits per heavy atom. The van der Waals surface area contributed by atoms with Crippen LogP contribution in [0.5, 0.6) is 11.5 Å². The Kier molecular flexibility index (Phi) is 4.57. The van der Waals surface area contributed by atoms with Crippen LogP contribution in [-0.2, 0) is 7.05 Å². The van der Waals surface area contributed by atoms with Gasteiger partial charge in [-0.2, -0.15) is 5.10 Å². The number of hydrogen-bond donors (Lipinski definition) is 1. The van der Waals surface area contributed by atoms with Gasteiger partial charge in [0.05, 0.1) is 5.69 Å². The number of hydrogen-bond acceptors (Lipinski definition) is 4. The molecule has 0 spiro atoms. The molecule has 1 aliphatic rings. The molecule has 3 rings (SSSR count). The predicted molar refractivity (Wildman–Crippen MR) is 90.1 cm³/mol. The van der Waals surface area contributed by atoms with Crippen LogP contribution in [0.2, 0.25) is 0 Å². The van der Waals surface area contributed by atoms with Crippen molar-refractivity contribution in [2.24, 2.45) is 7.05 Å². The SMILES string of the molecule is CC[C@@H](NC[C@H]1COc2ccccc2O1)c1c(C)nn(C)c1C. The number of ether oxygens (including phenoxy) is 2. The number of benzene rings is 1. The number of aryl methyl sites for hydroxylation is 2. The first kappa shape index (κ1) is 15.9. The van der Waals surface area contributed by atoms with Crippen LogP contribution in [0, 0.1) is 13.8 Å². The fourth-order valence-corrected chi connectivity index (χ4v) is 3.18. The Morgan fingerprint density at radius 3 is 2.70 bits per heavy atom. The summed E-state index contributed by atoms with van der Waals surface area (Å²) in [7, 11) is 1.99. The van der Waals surface area contributed by atoms with Gasteiger partial charge in [0.2, 0.25) is 0 Å². The third kappa shape index (κ3) is 3.20. The van der Waals surface area contributed by atoms with Crippen molar-refractivity contribution in [2.75, 3.05) is 13.2 Å². The molecule has 1 aromatic heterocycles. The van der Waals surface area contributed by atoms with Crippen LogP contribution in [-0.4, -0.2) is 29.0 Å². The zero-order valence-corrected chi connectivity index (χ0v) is 14.3. The fraction of sp³-hybridized carbons (Fsp3) is 0.500. The lowest BCUT2D eigenvalue weighted by molar-refractivity contribution is 0.0879. The lowest BCUT2D eigenvalue weighted by Gasteiger charge is -2.28. The molecular weight excluding hydrogens is 290 g/mol. The first-order valence-electron chi connectivity index (χ1n) is 8.22. The van der Waals surface area contributed by atoms with E-state index in [1.54, 1.807) is 0 Å². The molecule has 0 saturated heterocycles. The second kappa shape index (κ2) is 6.62. The number of nitrogens with zero attached hydrogens (tertiary/aromatic N) is 2. The van der Waals surface area contributed by atoms with E-state index in [0.29, 0.717) is 6.61 Å². The minimum atomic E-state index is 0.0243. The van der Waals surface area contributed by atoms with Gasteiger partial charge in [0, 0.05) is 30.9 Å². The summed E-state index contributed by atoms with van der Waals surface area (Å²) in [5.74, 6) is 1.65. The van der Waals surface area contributed by atoms with Crippen LogP contribution >= 0.6 is 0 Å². The standard InChI is InChI=1S/C18H25N3O2/c1-5-15(18-12(2)20-21(4)13(18)3)19-10-14-11-22-16-8-6-7-9-17(16)23-14/h6-9,14-15,19H,5,10-11H2,1-4H3/t14-,15+/m0/s1. The molecule has 124 valence electrons. The van der Waals surface area contributed by atoms with Crippen LogP contribution < -0.4 is 14.8 Å². The molecule has 1 aromatic carbocycles. The molecule has 0 radical (unpaired) electrons. The normalized spacial score (nSPS) is 18.0. The number of rotatable bonds is 5. The summed E-state index contributed by atoms with van der Waals surface area (Å²) in [5, 5.41) is 8.15. The predicted octanol–water partition coefficient (Wildman–Crippen LogP) is 2.92. The highest BCUT2D eigenvalue weighted by Crippen LogP contribution is 2.31. The van der Waals surface area contributed by atoms with E-state index in [0.717, 1.165) is 30.2 Å². The minimum Gasteiger partial charge on any atom is -0.486 e. The van der Waals surface area contributed by atoms with Crippen LogP contribution in [0.25, 0.3) is 0 Å². The zero-order chi connectivity index (χ0) is 16.4. The van der Waals surface area contributed by atoms with E-state index in [1.807, 2.05) is 36.0 Å². The van der Waals surface area contributed by atoms with E-state index in [-0.39, 0.29) is 12.1 Å². The second-order valence-electron chi connectivity index (χ2n) is 6.07. The van der Waals surface area contributed by atoms with Crippen molar-refractivity contribution in [3.8, 4) is 11.5 Å². The van der Waals surface area contributed by atoms with E-state index in [1.165, 1.54) is 11.3 Å². The first-order chi connectivity index (χ1) is 11.1. The molecule has 5 nitrogen and oxygen atoms in total. The Bertz CT molecular complexity index is 681. The van der Waals surface area contributed by atoms with Crippen LogP contribution in [0.1, 0.15) is 36.3 Å². The summed E-state index contributed by atoms with van der Waals surface area (Å²) in [6, 6.07) is 8.10. The number of para-hydroxylation sites is 2. The summed E-state index contributed by atoms with van der Waals surface area (Å²) >= 11 is 0.